The van der Waals surface area contributed by atoms with Crippen LogP contribution in [-0.2, 0) is 4.74 Å². The molecular weight excluding hydrogens is 208 g/mol. The summed E-state index contributed by atoms with van der Waals surface area (Å²) in [6.45, 7) is 17.0. The van der Waals surface area contributed by atoms with Crippen LogP contribution in [0.25, 0.3) is 0 Å². The average Bonchev–Trinajstić information content (AvgIpc) is 2.34. The highest BCUT2D eigenvalue weighted by Crippen LogP contribution is 2.31. The summed E-state index contributed by atoms with van der Waals surface area (Å²) in [5.41, 5.74) is 0. The highest BCUT2D eigenvalue weighted by molar-refractivity contribution is 4.75. The van der Waals surface area contributed by atoms with Gasteiger partial charge in [0.15, 0.2) is 0 Å². The second-order valence-electron chi connectivity index (χ2n) is 4.97. The second kappa shape index (κ2) is 12.4. The van der Waals surface area contributed by atoms with Crippen LogP contribution in [0.5, 0.6) is 0 Å². The summed E-state index contributed by atoms with van der Waals surface area (Å²) in [5, 5.41) is 0. The van der Waals surface area contributed by atoms with Crippen LogP contribution < -0.4 is 0 Å². The molecule has 0 unspecified atom stereocenters. The maximum absolute atomic E-state index is 5.82. The molecule has 0 amide bonds. The number of hydrogen-bond donors (Lipinski definition) is 0. The highest BCUT2D eigenvalue weighted by atomic mass is 16.5. The maximum Gasteiger partial charge on any atom is 0.0578 e. The smallest absolute Gasteiger partial charge is 0.0578 e. The topological polar surface area (TPSA) is 9.23 Å². The van der Waals surface area contributed by atoms with Gasteiger partial charge in [-0.3, -0.25) is 0 Å². The Hall–Kier alpha value is -0.0400. The summed E-state index contributed by atoms with van der Waals surface area (Å²) in [7, 11) is 0. The highest BCUT2D eigenvalue weighted by Gasteiger charge is 2.23. The Morgan fingerprint density at radius 1 is 0.765 bits per heavy atom. The first-order valence-corrected chi connectivity index (χ1v) is 7.75. The Morgan fingerprint density at radius 3 is 1.47 bits per heavy atom. The molecule has 0 aliphatic heterocycles. The van der Waals surface area contributed by atoms with Gasteiger partial charge >= 0.3 is 0 Å². The molecular formula is C16H36O. The lowest BCUT2D eigenvalue weighted by Crippen LogP contribution is -2.26. The average molecular weight is 244 g/mol. The van der Waals surface area contributed by atoms with E-state index in [1.807, 2.05) is 27.7 Å². The molecule has 1 saturated carbocycles. The molecule has 1 aliphatic carbocycles. The van der Waals surface area contributed by atoms with Crippen LogP contribution in [-0.4, -0.2) is 12.2 Å². The van der Waals surface area contributed by atoms with Crippen molar-refractivity contribution in [3.05, 3.63) is 0 Å². The molecule has 1 rings (SSSR count). The van der Waals surface area contributed by atoms with Crippen LogP contribution in [0.2, 0.25) is 0 Å². The van der Waals surface area contributed by atoms with Gasteiger partial charge in [-0.15, -0.1) is 0 Å². The van der Waals surface area contributed by atoms with Crippen LogP contribution in [0.4, 0.5) is 0 Å². The zero-order valence-electron chi connectivity index (χ0n) is 13.5. The molecule has 0 aromatic carbocycles. The Morgan fingerprint density at radius 2 is 1.18 bits per heavy atom. The third-order valence-corrected chi connectivity index (χ3v) is 3.13. The second-order valence-corrected chi connectivity index (χ2v) is 4.97. The van der Waals surface area contributed by atoms with E-state index in [1.165, 1.54) is 25.7 Å². The van der Waals surface area contributed by atoms with Gasteiger partial charge < -0.3 is 4.74 Å². The standard InChI is InChI=1S/C12H24O.2C2H6/c1-9(2)11-5-7-12(8-6-11)13-10(3)4;2*1-2/h9-12H,5-8H2,1-4H3;2*1-2H3. The van der Waals surface area contributed by atoms with E-state index in [-0.39, 0.29) is 0 Å². The predicted molar refractivity (Wildman–Crippen MR) is 79.5 cm³/mol. The van der Waals surface area contributed by atoms with E-state index in [0.29, 0.717) is 12.2 Å². The van der Waals surface area contributed by atoms with Crippen molar-refractivity contribution in [3.63, 3.8) is 0 Å². The van der Waals surface area contributed by atoms with Crippen molar-refractivity contribution in [2.24, 2.45) is 11.8 Å². The van der Waals surface area contributed by atoms with Gasteiger partial charge in [-0.25, -0.2) is 0 Å². The largest absolute Gasteiger partial charge is 0.376 e. The van der Waals surface area contributed by atoms with Gasteiger partial charge in [0.05, 0.1) is 12.2 Å². The summed E-state index contributed by atoms with van der Waals surface area (Å²) >= 11 is 0. The molecule has 0 aromatic heterocycles. The first-order valence-electron chi connectivity index (χ1n) is 7.75. The molecule has 0 saturated heterocycles. The number of hydrogen-bond acceptors (Lipinski definition) is 1. The van der Waals surface area contributed by atoms with E-state index in [2.05, 4.69) is 27.7 Å². The first-order chi connectivity index (χ1) is 8.09. The van der Waals surface area contributed by atoms with E-state index in [0.717, 1.165) is 11.8 Å². The van der Waals surface area contributed by atoms with E-state index in [4.69, 9.17) is 4.74 Å². The molecule has 1 heteroatoms. The van der Waals surface area contributed by atoms with Crippen molar-refractivity contribution in [3.8, 4) is 0 Å². The van der Waals surface area contributed by atoms with E-state index >= 15 is 0 Å². The fourth-order valence-corrected chi connectivity index (χ4v) is 2.28. The van der Waals surface area contributed by atoms with Gasteiger partial charge in [0.2, 0.25) is 0 Å². The fourth-order valence-electron chi connectivity index (χ4n) is 2.28. The monoisotopic (exact) mass is 244 g/mol. The van der Waals surface area contributed by atoms with Crippen molar-refractivity contribution in [1.29, 1.82) is 0 Å². The van der Waals surface area contributed by atoms with Gasteiger partial charge in [0, 0.05) is 0 Å². The quantitative estimate of drug-likeness (QED) is 0.620. The Balaban J connectivity index is 0. The van der Waals surface area contributed by atoms with Gasteiger partial charge in [0.25, 0.3) is 0 Å². The number of rotatable bonds is 3. The Bertz CT molecular complexity index is 132. The minimum atomic E-state index is 0.403. The predicted octanol–water partition coefficient (Wildman–Crippen LogP) is 5.68. The van der Waals surface area contributed by atoms with E-state index in [1.54, 1.807) is 0 Å². The van der Waals surface area contributed by atoms with Crippen LogP contribution in [0.15, 0.2) is 0 Å². The summed E-state index contributed by atoms with van der Waals surface area (Å²) in [5.74, 6) is 1.81. The summed E-state index contributed by atoms with van der Waals surface area (Å²) in [6.07, 6.45) is 6.25. The van der Waals surface area contributed by atoms with Crippen molar-refractivity contribution in [2.75, 3.05) is 0 Å². The molecule has 0 aromatic rings. The third kappa shape index (κ3) is 9.64. The molecule has 17 heavy (non-hydrogen) atoms. The zero-order chi connectivity index (χ0) is 13.8. The van der Waals surface area contributed by atoms with Crippen molar-refractivity contribution < 1.29 is 4.74 Å². The maximum atomic E-state index is 5.82. The van der Waals surface area contributed by atoms with Crippen molar-refractivity contribution in [2.45, 2.75) is 93.3 Å². The van der Waals surface area contributed by atoms with E-state index in [9.17, 15) is 0 Å². The minimum absolute atomic E-state index is 0.403. The SMILES string of the molecule is CC.CC.CC(C)OC1CCC(C(C)C)CC1. The van der Waals surface area contributed by atoms with E-state index < -0.39 is 0 Å². The normalized spacial score (nSPS) is 23.6. The zero-order valence-corrected chi connectivity index (χ0v) is 13.5. The van der Waals surface area contributed by atoms with Crippen molar-refractivity contribution in [1.82, 2.24) is 0 Å². The molecule has 0 N–H and O–H groups in total. The fraction of sp³-hybridized carbons (Fsp3) is 1.00. The molecule has 0 spiro atoms. The number of ether oxygens (including phenoxy) is 1. The lowest BCUT2D eigenvalue weighted by atomic mass is 9.80. The summed E-state index contributed by atoms with van der Waals surface area (Å²) < 4.78 is 5.82. The van der Waals surface area contributed by atoms with Crippen LogP contribution in [0.3, 0.4) is 0 Å². The molecule has 1 fully saturated rings. The first kappa shape index (κ1) is 19.3. The summed E-state index contributed by atoms with van der Waals surface area (Å²) in [4.78, 5) is 0. The lowest BCUT2D eigenvalue weighted by molar-refractivity contribution is -0.0230. The Kier molecular flexibility index (Phi) is 14.1. The molecule has 0 radical (unpaired) electrons. The van der Waals surface area contributed by atoms with Gasteiger partial charge in [-0.05, 0) is 51.4 Å². The van der Waals surface area contributed by atoms with Gasteiger partial charge in [-0.2, -0.15) is 0 Å². The molecule has 0 heterocycles. The Labute approximate surface area is 110 Å². The minimum Gasteiger partial charge on any atom is -0.376 e. The molecule has 1 nitrogen and oxygen atoms in total. The molecule has 0 bridgehead atoms. The molecule has 0 atom stereocenters. The lowest BCUT2D eigenvalue weighted by Gasteiger charge is -2.31. The van der Waals surface area contributed by atoms with Gasteiger partial charge in [-0.1, -0.05) is 41.5 Å². The van der Waals surface area contributed by atoms with Crippen LogP contribution >= 0.6 is 0 Å². The van der Waals surface area contributed by atoms with Crippen LogP contribution in [0, 0.1) is 11.8 Å². The third-order valence-electron chi connectivity index (χ3n) is 3.13. The van der Waals surface area contributed by atoms with Gasteiger partial charge in [0.1, 0.15) is 0 Å². The van der Waals surface area contributed by atoms with Crippen LogP contribution in [0.1, 0.15) is 81.1 Å². The molecule has 1 aliphatic rings. The summed E-state index contributed by atoms with van der Waals surface area (Å²) in [6, 6.07) is 0. The van der Waals surface area contributed by atoms with Crippen molar-refractivity contribution >= 4 is 0 Å². The molecule has 106 valence electrons.